The van der Waals surface area contributed by atoms with E-state index in [2.05, 4.69) is 35.8 Å². The van der Waals surface area contributed by atoms with Crippen molar-refractivity contribution >= 4 is 23.0 Å². The van der Waals surface area contributed by atoms with Gasteiger partial charge in [0, 0.05) is 12.2 Å². The second-order valence-electron chi connectivity index (χ2n) is 5.64. The fourth-order valence-electron chi connectivity index (χ4n) is 2.38. The Morgan fingerprint density at radius 1 is 0.960 bits per heavy atom. The van der Waals surface area contributed by atoms with E-state index < -0.39 is 0 Å². The molecule has 0 unspecified atom stereocenters. The Morgan fingerprint density at radius 2 is 1.64 bits per heavy atom. The molecule has 0 aliphatic rings. The first kappa shape index (κ1) is 19.1. The Morgan fingerprint density at radius 3 is 2.32 bits per heavy atom. The monoisotopic (exact) mass is 358 g/mol. The average molecular weight is 359 g/mol. The summed E-state index contributed by atoms with van der Waals surface area (Å²) in [5.41, 5.74) is 3.39. The van der Waals surface area contributed by atoms with Gasteiger partial charge in [-0.15, -0.1) is 0 Å². The molecule has 0 heterocycles. The molecule has 0 saturated heterocycles. The maximum absolute atomic E-state index is 5.66. The SMILES string of the molecule is CCOc1ccc(CCNC(=S)Nc2ccc(C)cc2)cc1OCC. The van der Waals surface area contributed by atoms with Crippen LogP contribution in [0.15, 0.2) is 42.5 Å². The largest absolute Gasteiger partial charge is 0.490 e. The zero-order valence-electron chi connectivity index (χ0n) is 15.1. The molecule has 0 aliphatic carbocycles. The molecule has 0 aromatic heterocycles. The zero-order chi connectivity index (χ0) is 18.1. The summed E-state index contributed by atoms with van der Waals surface area (Å²) in [6, 6.07) is 14.2. The van der Waals surface area contributed by atoms with Crippen LogP contribution in [0.3, 0.4) is 0 Å². The van der Waals surface area contributed by atoms with Gasteiger partial charge in [-0.2, -0.15) is 0 Å². The lowest BCUT2D eigenvalue weighted by Crippen LogP contribution is -2.30. The van der Waals surface area contributed by atoms with Crippen molar-refractivity contribution in [3.05, 3.63) is 53.6 Å². The van der Waals surface area contributed by atoms with E-state index in [0.29, 0.717) is 18.3 Å². The quantitative estimate of drug-likeness (QED) is 0.688. The van der Waals surface area contributed by atoms with Crippen molar-refractivity contribution in [2.45, 2.75) is 27.2 Å². The lowest BCUT2D eigenvalue weighted by Gasteiger charge is -2.13. The maximum atomic E-state index is 5.66. The van der Waals surface area contributed by atoms with E-state index in [0.717, 1.165) is 30.2 Å². The fourth-order valence-corrected chi connectivity index (χ4v) is 2.60. The summed E-state index contributed by atoms with van der Waals surface area (Å²) in [5.74, 6) is 1.58. The standard InChI is InChI=1S/C20H26N2O2S/c1-4-23-18-11-8-16(14-19(18)24-5-2)12-13-21-20(25)22-17-9-6-15(3)7-10-17/h6-11,14H,4-5,12-13H2,1-3H3,(H2,21,22,25). The molecule has 0 spiro atoms. The van der Waals surface area contributed by atoms with Gasteiger partial charge in [0.2, 0.25) is 0 Å². The van der Waals surface area contributed by atoms with E-state index in [9.17, 15) is 0 Å². The molecule has 0 aliphatic heterocycles. The number of rotatable bonds is 8. The van der Waals surface area contributed by atoms with E-state index in [1.54, 1.807) is 0 Å². The van der Waals surface area contributed by atoms with E-state index in [4.69, 9.17) is 21.7 Å². The van der Waals surface area contributed by atoms with E-state index in [1.165, 1.54) is 11.1 Å². The van der Waals surface area contributed by atoms with Crippen molar-refractivity contribution in [1.82, 2.24) is 5.32 Å². The normalized spacial score (nSPS) is 10.2. The van der Waals surface area contributed by atoms with Crippen molar-refractivity contribution in [1.29, 1.82) is 0 Å². The molecular formula is C20H26N2O2S. The number of nitrogens with one attached hydrogen (secondary N) is 2. The van der Waals surface area contributed by atoms with Crippen LogP contribution in [0.1, 0.15) is 25.0 Å². The van der Waals surface area contributed by atoms with Gasteiger partial charge in [-0.05, 0) is 69.2 Å². The van der Waals surface area contributed by atoms with E-state index in [-0.39, 0.29) is 0 Å². The summed E-state index contributed by atoms with van der Waals surface area (Å²) in [4.78, 5) is 0. The summed E-state index contributed by atoms with van der Waals surface area (Å²) in [6.45, 7) is 7.99. The van der Waals surface area contributed by atoms with Crippen LogP contribution < -0.4 is 20.1 Å². The number of thiocarbonyl (C=S) groups is 1. The minimum Gasteiger partial charge on any atom is -0.490 e. The van der Waals surface area contributed by atoms with E-state index >= 15 is 0 Å². The minimum absolute atomic E-state index is 0.617. The van der Waals surface area contributed by atoms with Gasteiger partial charge in [-0.1, -0.05) is 23.8 Å². The van der Waals surface area contributed by atoms with Gasteiger partial charge in [-0.3, -0.25) is 0 Å². The van der Waals surface area contributed by atoms with Gasteiger partial charge in [0.25, 0.3) is 0 Å². The Kier molecular flexibility index (Phi) is 7.54. The van der Waals surface area contributed by atoms with Gasteiger partial charge in [0.1, 0.15) is 0 Å². The smallest absolute Gasteiger partial charge is 0.170 e. The molecule has 134 valence electrons. The summed E-state index contributed by atoms with van der Waals surface area (Å²) in [5, 5.41) is 7.05. The van der Waals surface area contributed by atoms with Crippen LogP contribution in [0.4, 0.5) is 5.69 Å². The summed E-state index contributed by atoms with van der Waals surface area (Å²) >= 11 is 5.34. The highest BCUT2D eigenvalue weighted by molar-refractivity contribution is 7.80. The van der Waals surface area contributed by atoms with Gasteiger partial charge >= 0.3 is 0 Å². The predicted octanol–water partition coefficient (Wildman–Crippen LogP) is 4.32. The zero-order valence-corrected chi connectivity index (χ0v) is 15.9. The van der Waals surface area contributed by atoms with Crippen LogP contribution in [0, 0.1) is 6.92 Å². The Labute approximate surface area is 155 Å². The predicted molar refractivity (Wildman–Crippen MR) is 108 cm³/mol. The van der Waals surface area contributed by atoms with Crippen LogP contribution in [-0.2, 0) is 6.42 Å². The molecule has 0 bridgehead atoms. The lowest BCUT2D eigenvalue weighted by molar-refractivity contribution is 0.287. The number of anilines is 1. The number of hydrogen-bond acceptors (Lipinski definition) is 3. The van der Waals surface area contributed by atoms with Gasteiger partial charge in [0.05, 0.1) is 13.2 Å². The molecular weight excluding hydrogens is 332 g/mol. The first-order chi connectivity index (χ1) is 12.1. The topological polar surface area (TPSA) is 42.5 Å². The first-order valence-electron chi connectivity index (χ1n) is 8.62. The van der Waals surface area contributed by atoms with Gasteiger partial charge < -0.3 is 20.1 Å². The molecule has 0 atom stereocenters. The first-order valence-corrected chi connectivity index (χ1v) is 9.03. The highest BCUT2D eigenvalue weighted by Gasteiger charge is 2.06. The average Bonchev–Trinajstić information content (AvgIpc) is 2.59. The molecule has 0 saturated carbocycles. The number of benzene rings is 2. The van der Waals surface area contributed by atoms with Gasteiger partial charge in [-0.25, -0.2) is 0 Å². The molecule has 0 radical (unpaired) electrons. The van der Waals surface area contributed by atoms with Crippen LogP contribution in [0.5, 0.6) is 11.5 Å². The Balaban J connectivity index is 1.85. The van der Waals surface area contributed by atoms with Crippen molar-refractivity contribution in [2.75, 3.05) is 25.1 Å². The molecule has 5 heteroatoms. The third-order valence-electron chi connectivity index (χ3n) is 3.62. The minimum atomic E-state index is 0.617. The Hall–Kier alpha value is -2.27. The van der Waals surface area contributed by atoms with Gasteiger partial charge in [0.15, 0.2) is 16.6 Å². The molecule has 25 heavy (non-hydrogen) atoms. The van der Waals surface area contributed by atoms with Crippen LogP contribution >= 0.6 is 12.2 Å². The third-order valence-corrected chi connectivity index (χ3v) is 3.86. The summed E-state index contributed by atoms with van der Waals surface area (Å²) in [6.07, 6.45) is 0.849. The second-order valence-corrected chi connectivity index (χ2v) is 6.05. The van der Waals surface area contributed by atoms with Crippen LogP contribution in [-0.4, -0.2) is 24.9 Å². The number of ether oxygens (including phenoxy) is 2. The highest BCUT2D eigenvalue weighted by atomic mass is 32.1. The van der Waals surface area contributed by atoms with Crippen LogP contribution in [0.2, 0.25) is 0 Å². The summed E-state index contributed by atoms with van der Waals surface area (Å²) in [7, 11) is 0. The fraction of sp³-hybridized carbons (Fsp3) is 0.350. The molecule has 0 fully saturated rings. The van der Waals surface area contributed by atoms with E-state index in [1.807, 2.05) is 38.1 Å². The molecule has 4 nitrogen and oxygen atoms in total. The molecule has 2 aromatic rings. The Bertz CT molecular complexity index is 687. The molecule has 2 rings (SSSR count). The molecule has 2 aromatic carbocycles. The number of hydrogen-bond donors (Lipinski definition) is 2. The van der Waals surface area contributed by atoms with Crippen LogP contribution in [0.25, 0.3) is 0 Å². The lowest BCUT2D eigenvalue weighted by atomic mass is 10.1. The van der Waals surface area contributed by atoms with Crippen molar-refractivity contribution < 1.29 is 9.47 Å². The highest BCUT2D eigenvalue weighted by Crippen LogP contribution is 2.28. The molecule has 2 N–H and O–H groups in total. The van der Waals surface area contributed by atoms with Crippen molar-refractivity contribution in [3.63, 3.8) is 0 Å². The molecule has 0 amide bonds. The van der Waals surface area contributed by atoms with Crippen molar-refractivity contribution in [3.8, 4) is 11.5 Å². The number of aryl methyl sites for hydroxylation is 1. The summed E-state index contributed by atoms with van der Waals surface area (Å²) < 4.78 is 11.3. The van der Waals surface area contributed by atoms with Crippen molar-refractivity contribution in [2.24, 2.45) is 0 Å². The third kappa shape index (κ3) is 6.27. The second kappa shape index (κ2) is 9.89. The maximum Gasteiger partial charge on any atom is 0.170 e.